The summed E-state index contributed by atoms with van der Waals surface area (Å²) in [5.41, 5.74) is 1.05. The average molecular weight is 388 g/mol. The summed E-state index contributed by atoms with van der Waals surface area (Å²) in [6.07, 6.45) is 1.56. The van der Waals surface area contributed by atoms with Gasteiger partial charge in [-0.1, -0.05) is 15.9 Å². The molecule has 0 saturated carbocycles. The summed E-state index contributed by atoms with van der Waals surface area (Å²) in [4.78, 5) is 12.6. The van der Waals surface area contributed by atoms with Crippen LogP contribution in [0, 0.1) is 0 Å². The van der Waals surface area contributed by atoms with Crippen LogP contribution in [0.4, 0.5) is 0 Å². The lowest BCUT2D eigenvalue weighted by molar-refractivity contribution is 0.102. The van der Waals surface area contributed by atoms with E-state index in [-0.39, 0.29) is 5.78 Å². The summed E-state index contributed by atoms with van der Waals surface area (Å²) in [6.45, 7) is 2.54. The van der Waals surface area contributed by atoms with Gasteiger partial charge < -0.3 is 4.74 Å². The number of methoxy groups -OCH3 is 1. The standard InChI is InChI=1S/C13H12Br2N2O2/c1-3-17-12(11(19-2)7-16-17)13(18)9-5-4-8(14)6-10(9)15/h4-7H,3H2,1-2H3. The summed E-state index contributed by atoms with van der Waals surface area (Å²) in [6, 6.07) is 5.44. The van der Waals surface area contributed by atoms with Crippen molar-refractivity contribution in [3.05, 3.63) is 44.6 Å². The highest BCUT2D eigenvalue weighted by molar-refractivity contribution is 9.11. The van der Waals surface area contributed by atoms with E-state index < -0.39 is 0 Å². The van der Waals surface area contributed by atoms with Gasteiger partial charge in [0.1, 0.15) is 0 Å². The molecule has 0 aliphatic heterocycles. The van der Waals surface area contributed by atoms with Crippen LogP contribution in [0.3, 0.4) is 0 Å². The highest BCUT2D eigenvalue weighted by atomic mass is 79.9. The fraction of sp³-hybridized carbons (Fsp3) is 0.231. The quantitative estimate of drug-likeness (QED) is 0.752. The number of nitrogens with zero attached hydrogens (tertiary/aromatic N) is 2. The number of rotatable bonds is 4. The van der Waals surface area contributed by atoms with Crippen molar-refractivity contribution < 1.29 is 9.53 Å². The molecular weight excluding hydrogens is 376 g/mol. The molecule has 100 valence electrons. The van der Waals surface area contributed by atoms with Gasteiger partial charge in [0.2, 0.25) is 5.78 Å². The molecule has 0 bridgehead atoms. The van der Waals surface area contributed by atoms with Crippen LogP contribution >= 0.6 is 31.9 Å². The Morgan fingerprint density at radius 1 is 1.42 bits per heavy atom. The lowest BCUT2D eigenvalue weighted by atomic mass is 10.1. The van der Waals surface area contributed by atoms with E-state index in [0.717, 1.165) is 8.95 Å². The van der Waals surface area contributed by atoms with E-state index in [0.29, 0.717) is 23.6 Å². The summed E-state index contributed by atoms with van der Waals surface area (Å²) < 4.78 is 8.48. The first-order chi connectivity index (χ1) is 9.08. The third kappa shape index (κ3) is 2.74. The number of hydrogen-bond donors (Lipinski definition) is 0. The van der Waals surface area contributed by atoms with Crippen LogP contribution in [0.15, 0.2) is 33.3 Å². The van der Waals surface area contributed by atoms with E-state index in [1.165, 1.54) is 7.11 Å². The number of aromatic nitrogens is 2. The summed E-state index contributed by atoms with van der Waals surface area (Å²) in [5, 5.41) is 4.15. The lowest BCUT2D eigenvalue weighted by Crippen LogP contribution is -2.12. The molecule has 19 heavy (non-hydrogen) atoms. The predicted octanol–water partition coefficient (Wildman–Crippen LogP) is 3.67. The molecule has 0 aliphatic carbocycles. The maximum Gasteiger partial charge on any atom is 0.215 e. The molecule has 1 aromatic carbocycles. The van der Waals surface area contributed by atoms with Gasteiger partial charge in [-0.25, -0.2) is 0 Å². The van der Waals surface area contributed by atoms with E-state index in [1.54, 1.807) is 16.9 Å². The van der Waals surface area contributed by atoms with E-state index in [2.05, 4.69) is 37.0 Å². The highest BCUT2D eigenvalue weighted by Gasteiger charge is 2.22. The van der Waals surface area contributed by atoms with Crippen molar-refractivity contribution in [3.63, 3.8) is 0 Å². The molecule has 0 fully saturated rings. The Bertz CT molecular complexity index is 602. The molecule has 0 unspecified atom stereocenters. The molecular formula is C13H12Br2N2O2. The fourth-order valence-electron chi connectivity index (χ4n) is 1.79. The number of benzene rings is 1. The molecule has 0 spiro atoms. The molecule has 1 heterocycles. The zero-order valence-electron chi connectivity index (χ0n) is 10.5. The zero-order chi connectivity index (χ0) is 14.0. The van der Waals surface area contributed by atoms with Crippen LogP contribution in [0.25, 0.3) is 0 Å². The number of aryl methyl sites for hydroxylation is 1. The second-order valence-electron chi connectivity index (χ2n) is 3.83. The van der Waals surface area contributed by atoms with Gasteiger partial charge in [-0.2, -0.15) is 5.10 Å². The van der Waals surface area contributed by atoms with Gasteiger partial charge in [0.25, 0.3) is 0 Å². The van der Waals surface area contributed by atoms with Gasteiger partial charge in [0.15, 0.2) is 11.4 Å². The molecule has 6 heteroatoms. The molecule has 0 aliphatic rings. The SMILES string of the molecule is CCn1ncc(OC)c1C(=O)c1ccc(Br)cc1Br. The average Bonchev–Trinajstić information content (AvgIpc) is 2.80. The molecule has 2 aromatic rings. The van der Waals surface area contributed by atoms with Crippen LogP contribution in [0.5, 0.6) is 5.75 Å². The van der Waals surface area contributed by atoms with Crippen LogP contribution in [-0.2, 0) is 6.54 Å². The first-order valence-corrected chi connectivity index (χ1v) is 7.26. The first kappa shape index (κ1) is 14.3. The number of halogens is 2. The van der Waals surface area contributed by atoms with Gasteiger partial charge in [0, 0.05) is 21.1 Å². The number of ketones is 1. The van der Waals surface area contributed by atoms with Gasteiger partial charge >= 0.3 is 0 Å². The topological polar surface area (TPSA) is 44.1 Å². The molecule has 0 N–H and O–H groups in total. The number of carbonyl (C=O) groups is 1. The van der Waals surface area contributed by atoms with E-state index >= 15 is 0 Å². The number of hydrogen-bond acceptors (Lipinski definition) is 3. The van der Waals surface area contributed by atoms with Crippen LogP contribution < -0.4 is 4.74 Å². The third-order valence-corrected chi connectivity index (χ3v) is 3.87. The summed E-state index contributed by atoms with van der Waals surface area (Å²) in [7, 11) is 1.53. The molecule has 2 rings (SSSR count). The molecule has 0 atom stereocenters. The van der Waals surface area contributed by atoms with E-state index in [9.17, 15) is 4.79 Å². The van der Waals surface area contributed by atoms with Crippen LogP contribution in [0.1, 0.15) is 23.0 Å². The monoisotopic (exact) mass is 386 g/mol. The Balaban J connectivity index is 2.52. The zero-order valence-corrected chi connectivity index (χ0v) is 13.7. The molecule has 1 aromatic heterocycles. The van der Waals surface area contributed by atoms with Crippen molar-refractivity contribution in [2.45, 2.75) is 13.5 Å². The minimum Gasteiger partial charge on any atom is -0.493 e. The first-order valence-electron chi connectivity index (χ1n) is 5.68. The van der Waals surface area contributed by atoms with E-state index in [1.807, 2.05) is 19.1 Å². The second-order valence-corrected chi connectivity index (χ2v) is 5.60. The van der Waals surface area contributed by atoms with Gasteiger partial charge in [-0.3, -0.25) is 9.48 Å². The number of carbonyl (C=O) groups excluding carboxylic acids is 1. The Morgan fingerprint density at radius 3 is 2.74 bits per heavy atom. The Morgan fingerprint density at radius 2 is 2.16 bits per heavy atom. The Hall–Kier alpha value is -1.14. The van der Waals surface area contributed by atoms with Crippen LogP contribution in [-0.4, -0.2) is 22.7 Å². The smallest absolute Gasteiger partial charge is 0.215 e. The minimum absolute atomic E-state index is 0.115. The van der Waals surface area contributed by atoms with Crippen molar-refractivity contribution in [2.24, 2.45) is 0 Å². The van der Waals surface area contributed by atoms with Crippen molar-refractivity contribution >= 4 is 37.6 Å². The molecule has 0 amide bonds. The number of ether oxygens (including phenoxy) is 1. The summed E-state index contributed by atoms with van der Waals surface area (Å²) >= 11 is 6.77. The van der Waals surface area contributed by atoms with E-state index in [4.69, 9.17) is 4.74 Å². The van der Waals surface area contributed by atoms with Crippen molar-refractivity contribution in [2.75, 3.05) is 7.11 Å². The lowest BCUT2D eigenvalue weighted by Gasteiger charge is -2.08. The minimum atomic E-state index is -0.115. The predicted molar refractivity (Wildman–Crippen MR) is 79.7 cm³/mol. The Kier molecular flexibility index (Phi) is 4.42. The summed E-state index contributed by atoms with van der Waals surface area (Å²) in [5.74, 6) is 0.372. The van der Waals surface area contributed by atoms with Crippen molar-refractivity contribution in [1.82, 2.24) is 9.78 Å². The van der Waals surface area contributed by atoms with Gasteiger partial charge in [-0.05, 0) is 41.1 Å². The molecule has 4 nitrogen and oxygen atoms in total. The maximum atomic E-state index is 12.6. The molecule has 0 saturated heterocycles. The Labute approximate surface area is 128 Å². The second kappa shape index (κ2) is 5.88. The van der Waals surface area contributed by atoms with Gasteiger partial charge in [0.05, 0.1) is 13.3 Å². The van der Waals surface area contributed by atoms with Crippen molar-refractivity contribution in [1.29, 1.82) is 0 Å². The van der Waals surface area contributed by atoms with Gasteiger partial charge in [-0.15, -0.1) is 0 Å². The van der Waals surface area contributed by atoms with Crippen molar-refractivity contribution in [3.8, 4) is 5.75 Å². The highest BCUT2D eigenvalue weighted by Crippen LogP contribution is 2.27. The fourth-order valence-corrected chi connectivity index (χ4v) is 3.01. The normalized spacial score (nSPS) is 10.5. The van der Waals surface area contributed by atoms with Crippen LogP contribution in [0.2, 0.25) is 0 Å². The maximum absolute atomic E-state index is 12.6. The third-order valence-electron chi connectivity index (χ3n) is 2.72. The largest absolute Gasteiger partial charge is 0.493 e. The molecule has 0 radical (unpaired) electrons.